The largest absolute Gasteiger partial charge is 0.493 e. The minimum atomic E-state index is -0.637. The van der Waals surface area contributed by atoms with Crippen LogP contribution in [0.3, 0.4) is 0 Å². The summed E-state index contributed by atoms with van der Waals surface area (Å²) in [6.07, 6.45) is 1.22. The number of rotatable bonds is 12. The van der Waals surface area contributed by atoms with Gasteiger partial charge in [0.05, 0.1) is 14.2 Å². The molecule has 6 nitrogen and oxygen atoms in total. The quantitative estimate of drug-likeness (QED) is 0.374. The van der Waals surface area contributed by atoms with Crippen LogP contribution in [0.15, 0.2) is 72.8 Å². The van der Waals surface area contributed by atoms with Crippen LogP contribution in [-0.4, -0.2) is 43.0 Å². The van der Waals surface area contributed by atoms with E-state index in [1.165, 1.54) is 0 Å². The number of aryl methyl sites for hydroxylation is 2. The van der Waals surface area contributed by atoms with Gasteiger partial charge < -0.3 is 19.7 Å². The standard InChI is InChI=1S/C31H38N2O4/c1-22(2)32-31(35)27(19-24-12-7-6-8-13-24)33(21-26-14-10-9-11-23(26)3)30(34)18-16-25-15-17-28(36-4)29(20-25)37-5/h6-15,17,20,22,27H,16,18-19,21H2,1-5H3,(H,32,35)/t27-/m0/s1. The van der Waals surface area contributed by atoms with Crippen molar-refractivity contribution in [3.63, 3.8) is 0 Å². The summed E-state index contributed by atoms with van der Waals surface area (Å²) < 4.78 is 10.8. The molecule has 0 aromatic heterocycles. The average Bonchev–Trinajstić information content (AvgIpc) is 2.90. The summed E-state index contributed by atoms with van der Waals surface area (Å²) in [5.41, 5.74) is 4.09. The number of methoxy groups -OCH3 is 2. The molecular formula is C31H38N2O4. The lowest BCUT2D eigenvalue weighted by Crippen LogP contribution is -2.51. The fourth-order valence-corrected chi connectivity index (χ4v) is 4.34. The van der Waals surface area contributed by atoms with Crippen LogP contribution in [0.25, 0.3) is 0 Å². The van der Waals surface area contributed by atoms with E-state index in [4.69, 9.17) is 9.47 Å². The van der Waals surface area contributed by atoms with Gasteiger partial charge in [0.1, 0.15) is 6.04 Å². The maximum absolute atomic E-state index is 13.8. The van der Waals surface area contributed by atoms with Gasteiger partial charge in [-0.05, 0) is 61.6 Å². The van der Waals surface area contributed by atoms with Crippen molar-refractivity contribution in [2.45, 2.75) is 58.7 Å². The van der Waals surface area contributed by atoms with Crippen molar-refractivity contribution >= 4 is 11.8 Å². The van der Waals surface area contributed by atoms with Crippen molar-refractivity contribution in [3.8, 4) is 11.5 Å². The fraction of sp³-hybridized carbons (Fsp3) is 0.355. The summed E-state index contributed by atoms with van der Waals surface area (Å²) in [4.78, 5) is 29.0. The molecule has 3 rings (SSSR count). The number of hydrogen-bond acceptors (Lipinski definition) is 4. The molecular weight excluding hydrogens is 464 g/mol. The van der Waals surface area contributed by atoms with Crippen molar-refractivity contribution in [3.05, 3.63) is 95.1 Å². The molecule has 0 aliphatic heterocycles. The molecule has 0 spiro atoms. The number of ether oxygens (including phenoxy) is 2. The Morgan fingerprint density at radius 2 is 1.54 bits per heavy atom. The second-order valence-electron chi connectivity index (χ2n) is 9.51. The minimum absolute atomic E-state index is 0.0343. The first-order valence-electron chi connectivity index (χ1n) is 12.7. The minimum Gasteiger partial charge on any atom is -0.493 e. The van der Waals surface area contributed by atoms with Gasteiger partial charge in [0.2, 0.25) is 11.8 Å². The highest BCUT2D eigenvalue weighted by molar-refractivity contribution is 5.88. The van der Waals surface area contributed by atoms with Crippen molar-refractivity contribution in [2.75, 3.05) is 14.2 Å². The van der Waals surface area contributed by atoms with Crippen molar-refractivity contribution in [2.24, 2.45) is 0 Å². The smallest absolute Gasteiger partial charge is 0.243 e. The average molecular weight is 503 g/mol. The molecule has 0 heterocycles. The number of benzene rings is 3. The van der Waals surface area contributed by atoms with E-state index < -0.39 is 6.04 Å². The van der Waals surface area contributed by atoms with E-state index in [0.717, 1.165) is 22.3 Å². The predicted molar refractivity (Wildman–Crippen MR) is 147 cm³/mol. The summed E-state index contributed by atoms with van der Waals surface area (Å²) in [7, 11) is 3.19. The molecule has 1 atom stereocenters. The number of nitrogens with one attached hydrogen (secondary N) is 1. The number of hydrogen-bond donors (Lipinski definition) is 1. The molecule has 0 bridgehead atoms. The molecule has 0 fully saturated rings. The molecule has 0 saturated heterocycles. The first kappa shape index (κ1) is 27.8. The van der Waals surface area contributed by atoms with Crippen LogP contribution in [0.4, 0.5) is 0 Å². The highest BCUT2D eigenvalue weighted by Gasteiger charge is 2.30. The Hall–Kier alpha value is -3.80. The zero-order valence-corrected chi connectivity index (χ0v) is 22.5. The van der Waals surface area contributed by atoms with Gasteiger partial charge in [-0.25, -0.2) is 0 Å². The molecule has 0 unspecified atom stereocenters. The Kier molecular flexibility index (Phi) is 10.1. The summed E-state index contributed by atoms with van der Waals surface area (Å²) in [5, 5.41) is 3.04. The molecule has 0 saturated carbocycles. The number of amides is 2. The van der Waals surface area contributed by atoms with Gasteiger partial charge in [-0.15, -0.1) is 0 Å². The molecule has 1 N–H and O–H groups in total. The Balaban J connectivity index is 1.91. The number of carbonyl (C=O) groups excluding carboxylic acids is 2. The third-order valence-corrected chi connectivity index (χ3v) is 6.38. The van der Waals surface area contributed by atoms with Gasteiger partial charge in [-0.3, -0.25) is 9.59 Å². The molecule has 6 heteroatoms. The van der Waals surface area contributed by atoms with E-state index in [-0.39, 0.29) is 24.3 Å². The zero-order chi connectivity index (χ0) is 26.8. The van der Waals surface area contributed by atoms with Gasteiger partial charge in [-0.1, -0.05) is 60.7 Å². The third-order valence-electron chi connectivity index (χ3n) is 6.38. The molecule has 3 aromatic carbocycles. The Morgan fingerprint density at radius 3 is 2.19 bits per heavy atom. The lowest BCUT2D eigenvalue weighted by Gasteiger charge is -2.32. The van der Waals surface area contributed by atoms with E-state index in [2.05, 4.69) is 5.32 Å². The summed E-state index contributed by atoms with van der Waals surface area (Å²) >= 11 is 0. The second kappa shape index (κ2) is 13.5. The maximum atomic E-state index is 13.8. The van der Waals surface area contributed by atoms with E-state index in [1.54, 1.807) is 19.1 Å². The molecule has 0 aliphatic rings. The van der Waals surface area contributed by atoms with Crippen molar-refractivity contribution in [1.82, 2.24) is 10.2 Å². The number of carbonyl (C=O) groups is 2. The maximum Gasteiger partial charge on any atom is 0.243 e. The highest BCUT2D eigenvalue weighted by Crippen LogP contribution is 2.28. The lowest BCUT2D eigenvalue weighted by atomic mass is 10.00. The first-order valence-corrected chi connectivity index (χ1v) is 12.7. The van der Waals surface area contributed by atoms with Crippen LogP contribution in [-0.2, 0) is 29.0 Å². The van der Waals surface area contributed by atoms with Crippen LogP contribution in [0.1, 0.15) is 42.5 Å². The van der Waals surface area contributed by atoms with E-state index in [0.29, 0.717) is 30.9 Å². The van der Waals surface area contributed by atoms with Crippen molar-refractivity contribution < 1.29 is 19.1 Å². The van der Waals surface area contributed by atoms with Gasteiger partial charge in [0.15, 0.2) is 11.5 Å². The fourth-order valence-electron chi connectivity index (χ4n) is 4.34. The first-order chi connectivity index (χ1) is 17.8. The monoisotopic (exact) mass is 502 g/mol. The molecule has 37 heavy (non-hydrogen) atoms. The Morgan fingerprint density at radius 1 is 0.865 bits per heavy atom. The molecule has 0 aliphatic carbocycles. The highest BCUT2D eigenvalue weighted by atomic mass is 16.5. The van der Waals surface area contributed by atoms with Gasteiger partial charge in [0, 0.05) is 25.4 Å². The second-order valence-corrected chi connectivity index (χ2v) is 9.51. The summed E-state index contributed by atoms with van der Waals surface area (Å²) in [6, 6.07) is 22.9. The molecule has 0 radical (unpaired) electrons. The van der Waals surface area contributed by atoms with Crippen LogP contribution in [0, 0.1) is 6.92 Å². The lowest BCUT2D eigenvalue weighted by molar-refractivity contribution is -0.141. The number of nitrogens with zero attached hydrogens (tertiary/aromatic N) is 1. The van der Waals surface area contributed by atoms with E-state index >= 15 is 0 Å². The topological polar surface area (TPSA) is 67.9 Å². The van der Waals surface area contributed by atoms with E-state index in [9.17, 15) is 9.59 Å². The molecule has 2 amide bonds. The predicted octanol–water partition coefficient (Wildman–Crippen LogP) is 5.11. The van der Waals surface area contributed by atoms with Gasteiger partial charge >= 0.3 is 0 Å². The Labute approximate surface area is 220 Å². The summed E-state index contributed by atoms with van der Waals surface area (Å²) in [5.74, 6) is 1.05. The van der Waals surface area contributed by atoms with Crippen LogP contribution < -0.4 is 14.8 Å². The third kappa shape index (κ3) is 7.84. The van der Waals surface area contributed by atoms with Crippen LogP contribution >= 0.6 is 0 Å². The summed E-state index contributed by atoms with van der Waals surface area (Å²) in [6.45, 7) is 6.26. The molecule has 3 aromatic rings. The van der Waals surface area contributed by atoms with Gasteiger partial charge in [0.25, 0.3) is 0 Å². The van der Waals surface area contributed by atoms with E-state index in [1.807, 2.05) is 93.6 Å². The van der Waals surface area contributed by atoms with Gasteiger partial charge in [-0.2, -0.15) is 0 Å². The van der Waals surface area contributed by atoms with Crippen LogP contribution in [0.2, 0.25) is 0 Å². The Bertz CT molecular complexity index is 1180. The SMILES string of the molecule is COc1ccc(CCC(=O)N(Cc2ccccc2C)[C@@H](Cc2ccccc2)C(=O)NC(C)C)cc1OC. The van der Waals surface area contributed by atoms with Crippen LogP contribution in [0.5, 0.6) is 11.5 Å². The normalized spacial score (nSPS) is 11.6. The zero-order valence-electron chi connectivity index (χ0n) is 22.5. The molecule has 196 valence electrons. The van der Waals surface area contributed by atoms with Crippen molar-refractivity contribution in [1.29, 1.82) is 0 Å².